The third-order valence-corrected chi connectivity index (χ3v) is 5.40. The summed E-state index contributed by atoms with van der Waals surface area (Å²) in [4.78, 5) is 11.8. The number of ether oxygens (including phenoxy) is 1. The van der Waals surface area contributed by atoms with Crippen LogP contribution in [0.5, 0.6) is 0 Å². The van der Waals surface area contributed by atoms with E-state index in [1.807, 2.05) is 19.1 Å². The van der Waals surface area contributed by atoms with Gasteiger partial charge in [0.15, 0.2) is 0 Å². The third-order valence-electron chi connectivity index (χ3n) is 3.99. The quantitative estimate of drug-likeness (QED) is 0.242. The summed E-state index contributed by atoms with van der Waals surface area (Å²) in [5.74, 6) is -0.148. The maximum Gasteiger partial charge on any atom is 1.00 e. The maximum atomic E-state index is 11.8. The molecule has 130 valence electrons. The Hall–Kier alpha value is -0.0200. The first kappa shape index (κ1) is 24.0. The monoisotopic (exact) mass is 382 g/mol. The van der Waals surface area contributed by atoms with E-state index in [1.165, 1.54) is 7.11 Å². The number of methoxy groups -OCH3 is 1. The number of benzene rings is 1. The minimum Gasteiger partial charge on any atom is -0.709 e. The molecule has 0 aliphatic heterocycles. The number of carbonyl (C=O) groups is 1. The van der Waals surface area contributed by atoms with Crippen LogP contribution < -0.4 is 34.8 Å². The molecule has 0 aliphatic carbocycles. The summed E-state index contributed by atoms with van der Waals surface area (Å²) in [6, 6.07) is 7.43. The Morgan fingerprint density at radius 2 is 1.83 bits per heavy atom. The van der Waals surface area contributed by atoms with Crippen LogP contribution >= 0.6 is 0 Å². The van der Waals surface area contributed by atoms with E-state index in [2.05, 4.69) is 22.4 Å². The molecule has 0 radical (unpaired) electrons. The molecule has 0 saturated carbocycles. The Bertz CT molecular complexity index is 601. The van der Waals surface area contributed by atoms with Crippen molar-refractivity contribution < 1.29 is 52.9 Å². The van der Waals surface area contributed by atoms with E-state index in [4.69, 9.17) is 4.74 Å². The van der Waals surface area contributed by atoms with E-state index in [-0.39, 0.29) is 53.1 Å². The molecule has 0 fully saturated rings. The predicted octanol–water partition coefficient (Wildman–Crippen LogP) is -0.773. The molecule has 3 unspecified atom stereocenters. The van der Waals surface area contributed by atoms with Gasteiger partial charge in [0.25, 0.3) is 0 Å². The molecule has 1 aromatic carbocycles. The van der Waals surface area contributed by atoms with Crippen molar-refractivity contribution in [2.24, 2.45) is 5.92 Å². The van der Waals surface area contributed by atoms with Crippen LogP contribution in [0.1, 0.15) is 50.2 Å². The minimum absolute atomic E-state index is 0. The Morgan fingerprint density at radius 1 is 1.25 bits per heavy atom. The SMILES string of the molecule is CCC(CC(CC)c1ccc(CS(=O)(=S)O[O-])cc1)C(=O)OC.[Na+]. The van der Waals surface area contributed by atoms with Crippen molar-refractivity contribution in [1.29, 1.82) is 0 Å². The maximum absolute atomic E-state index is 11.8. The van der Waals surface area contributed by atoms with E-state index in [0.29, 0.717) is 5.56 Å². The number of rotatable bonds is 9. The van der Waals surface area contributed by atoms with Crippen LogP contribution in [0.25, 0.3) is 0 Å². The van der Waals surface area contributed by atoms with Crippen molar-refractivity contribution in [1.82, 2.24) is 0 Å². The Balaban J connectivity index is 0.00000529. The van der Waals surface area contributed by atoms with Gasteiger partial charge in [0.2, 0.25) is 0 Å². The van der Waals surface area contributed by atoms with E-state index in [9.17, 15) is 14.3 Å². The van der Waals surface area contributed by atoms with Gasteiger partial charge >= 0.3 is 35.5 Å². The minimum atomic E-state index is -3.23. The zero-order valence-electron chi connectivity index (χ0n) is 14.7. The van der Waals surface area contributed by atoms with Gasteiger partial charge in [0.1, 0.15) is 8.77 Å². The normalized spacial score (nSPS) is 15.7. The van der Waals surface area contributed by atoms with E-state index in [0.717, 1.165) is 24.8 Å². The average molecular weight is 382 g/mol. The van der Waals surface area contributed by atoms with Crippen molar-refractivity contribution in [2.45, 2.75) is 44.8 Å². The zero-order chi connectivity index (χ0) is 17.5. The fourth-order valence-electron chi connectivity index (χ4n) is 2.59. The van der Waals surface area contributed by atoms with Crippen molar-refractivity contribution >= 4 is 25.9 Å². The average Bonchev–Trinajstić information content (AvgIpc) is 2.56. The summed E-state index contributed by atoms with van der Waals surface area (Å²) in [6.45, 7) is 4.05. The standard InChI is InChI=1S/C16H24O5S2.Na/c1-4-13(10-14(5-2)16(17)20-3)15-8-6-12(7-9-15)11-23(19,22)21-18;/h6-9,13-14,18H,4-5,10-11H2,1-3H3;/q;+1/p-1. The van der Waals surface area contributed by atoms with E-state index in [1.54, 1.807) is 12.1 Å². The van der Waals surface area contributed by atoms with Crippen LogP contribution in [0.4, 0.5) is 0 Å². The topological polar surface area (TPSA) is 75.7 Å². The van der Waals surface area contributed by atoms with Gasteiger partial charge < -0.3 is 14.3 Å². The smallest absolute Gasteiger partial charge is 0.709 e. The van der Waals surface area contributed by atoms with Crippen molar-refractivity contribution in [2.75, 3.05) is 7.11 Å². The second-order valence-corrected chi connectivity index (χ2v) is 8.54. The summed E-state index contributed by atoms with van der Waals surface area (Å²) in [6.07, 6.45) is 2.36. The van der Waals surface area contributed by atoms with Crippen LogP contribution in [-0.4, -0.2) is 17.3 Å². The molecule has 0 amide bonds. The fraction of sp³-hybridized carbons (Fsp3) is 0.562. The molecule has 0 heterocycles. The summed E-state index contributed by atoms with van der Waals surface area (Å²) in [5.41, 5.74) is 1.79. The largest absolute Gasteiger partial charge is 1.00 e. The second kappa shape index (κ2) is 11.6. The van der Waals surface area contributed by atoms with Crippen molar-refractivity contribution in [3.63, 3.8) is 0 Å². The number of hydrogen-bond acceptors (Lipinski definition) is 6. The first-order valence-electron chi connectivity index (χ1n) is 7.57. The van der Waals surface area contributed by atoms with E-state index < -0.39 is 8.77 Å². The molecule has 0 aromatic heterocycles. The molecule has 0 saturated heterocycles. The van der Waals surface area contributed by atoms with Crippen LogP contribution in [0.15, 0.2) is 24.3 Å². The predicted molar refractivity (Wildman–Crippen MR) is 90.2 cm³/mol. The van der Waals surface area contributed by atoms with Crippen LogP contribution in [0, 0.1) is 5.92 Å². The van der Waals surface area contributed by atoms with Gasteiger partial charge in [-0.3, -0.25) is 4.79 Å². The number of hydrogen-bond donors (Lipinski definition) is 0. The van der Waals surface area contributed by atoms with Gasteiger partial charge in [-0.25, -0.2) is 4.21 Å². The number of esters is 1. The summed E-state index contributed by atoms with van der Waals surface area (Å²) < 4.78 is 20.0. The van der Waals surface area contributed by atoms with Crippen molar-refractivity contribution in [3.8, 4) is 0 Å². The summed E-state index contributed by atoms with van der Waals surface area (Å²) in [5, 5.41) is 10.3. The summed E-state index contributed by atoms with van der Waals surface area (Å²) in [7, 11) is -1.82. The molecule has 0 bridgehead atoms. The summed E-state index contributed by atoms with van der Waals surface area (Å²) >= 11 is 4.59. The molecule has 0 aliphatic rings. The van der Waals surface area contributed by atoms with Gasteiger partial charge in [-0.05, 0) is 36.3 Å². The first-order valence-corrected chi connectivity index (χ1v) is 10.1. The molecule has 24 heavy (non-hydrogen) atoms. The molecule has 0 N–H and O–H groups in total. The van der Waals surface area contributed by atoms with Crippen LogP contribution in [-0.2, 0) is 39.6 Å². The van der Waals surface area contributed by atoms with Crippen LogP contribution in [0.3, 0.4) is 0 Å². The molecule has 3 atom stereocenters. The molecular formula is C16H23NaO5S2. The molecule has 0 spiro atoms. The third kappa shape index (κ3) is 7.47. The second-order valence-electron chi connectivity index (χ2n) is 5.48. The van der Waals surface area contributed by atoms with Gasteiger partial charge in [-0.1, -0.05) is 38.1 Å². The van der Waals surface area contributed by atoms with Crippen LogP contribution in [0.2, 0.25) is 0 Å². The van der Waals surface area contributed by atoms with Crippen molar-refractivity contribution in [3.05, 3.63) is 35.4 Å². The number of carbonyl (C=O) groups excluding carboxylic acids is 1. The molecular weight excluding hydrogens is 359 g/mol. The molecule has 1 rings (SSSR count). The Morgan fingerprint density at radius 3 is 2.25 bits per heavy atom. The Labute approximate surface area is 171 Å². The molecule has 8 heteroatoms. The molecule has 1 aromatic rings. The first-order chi connectivity index (χ1) is 10.9. The van der Waals surface area contributed by atoms with Gasteiger partial charge in [0.05, 0.1) is 18.8 Å². The van der Waals surface area contributed by atoms with E-state index >= 15 is 0 Å². The van der Waals surface area contributed by atoms with Gasteiger partial charge in [-0.15, -0.1) is 0 Å². The van der Waals surface area contributed by atoms with Gasteiger partial charge in [-0.2, -0.15) is 0 Å². The fourth-order valence-corrected chi connectivity index (χ4v) is 3.65. The Kier molecular flexibility index (Phi) is 11.6. The van der Waals surface area contributed by atoms with Gasteiger partial charge in [0, 0.05) is 11.2 Å². The zero-order valence-corrected chi connectivity index (χ0v) is 18.3. The molecule has 5 nitrogen and oxygen atoms in total.